The molecule has 2 aromatic heterocycles. The molecule has 3 aromatic rings. The van der Waals surface area contributed by atoms with Crippen molar-refractivity contribution in [3.8, 4) is 0 Å². The van der Waals surface area contributed by atoms with Gasteiger partial charge < -0.3 is 10.2 Å². The fourth-order valence-corrected chi connectivity index (χ4v) is 3.56. The van der Waals surface area contributed by atoms with Crippen LogP contribution in [0.1, 0.15) is 12.8 Å². The lowest BCUT2D eigenvalue weighted by molar-refractivity contribution is -0.120. The van der Waals surface area contributed by atoms with Gasteiger partial charge in [0, 0.05) is 29.1 Å². The largest absolute Gasteiger partial charge is 0.355 e. The molecule has 1 aliphatic heterocycles. The lowest BCUT2D eigenvalue weighted by Crippen LogP contribution is -2.41. The van der Waals surface area contributed by atoms with Crippen LogP contribution in [0.2, 0.25) is 0 Å². The van der Waals surface area contributed by atoms with E-state index in [1.807, 2.05) is 11.0 Å². The lowest BCUT2D eigenvalue weighted by atomic mass is 9.97. The van der Waals surface area contributed by atoms with Crippen LogP contribution in [0, 0.1) is 11.7 Å². The summed E-state index contributed by atoms with van der Waals surface area (Å²) in [5.74, 6) is 0.599. The number of hydrogen-bond acceptors (Lipinski definition) is 5. The first-order valence-corrected chi connectivity index (χ1v) is 9.47. The number of halogens is 2. The highest BCUT2D eigenvalue weighted by molar-refractivity contribution is 9.10. The van der Waals surface area contributed by atoms with Crippen LogP contribution in [0.15, 0.2) is 47.3 Å². The lowest BCUT2D eigenvalue weighted by Gasteiger charge is -2.33. The second kappa shape index (κ2) is 7.56. The first-order chi connectivity index (χ1) is 13.1. The summed E-state index contributed by atoms with van der Waals surface area (Å²) in [6.07, 6.45) is 4.76. The molecule has 0 aliphatic carbocycles. The predicted octanol–water partition coefficient (Wildman–Crippen LogP) is 3.78. The third kappa shape index (κ3) is 3.90. The number of aromatic nitrogens is 3. The molecule has 0 bridgehead atoms. The standard InChI is InChI=1S/C19H17BrFN5O/c20-13-3-6-17(22-9-13)25-19(27)12-2-1-7-26(10-12)18-15-8-14(21)4-5-16(15)23-11-24-18/h3-6,8-9,11-12H,1-2,7,10H2,(H,22,25,27). The van der Waals surface area contributed by atoms with Crippen LogP contribution in [-0.4, -0.2) is 33.9 Å². The van der Waals surface area contributed by atoms with Crippen LogP contribution >= 0.6 is 15.9 Å². The topological polar surface area (TPSA) is 71.0 Å². The first-order valence-electron chi connectivity index (χ1n) is 8.68. The SMILES string of the molecule is O=C(Nc1ccc(Br)cn1)C1CCCN(c2ncnc3ccc(F)cc23)C1. The first kappa shape index (κ1) is 17.8. The molecular formula is C19H17BrFN5O. The van der Waals surface area contributed by atoms with Gasteiger partial charge in [0.25, 0.3) is 0 Å². The van der Waals surface area contributed by atoms with Gasteiger partial charge in [-0.1, -0.05) is 0 Å². The molecule has 1 saturated heterocycles. The Bertz CT molecular complexity index is 982. The smallest absolute Gasteiger partial charge is 0.230 e. The number of rotatable bonds is 3. The van der Waals surface area contributed by atoms with Crippen LogP contribution in [0.25, 0.3) is 10.9 Å². The summed E-state index contributed by atoms with van der Waals surface area (Å²) in [4.78, 5) is 27.4. The number of hydrogen-bond donors (Lipinski definition) is 1. The summed E-state index contributed by atoms with van der Waals surface area (Å²) in [5.41, 5.74) is 0.687. The zero-order chi connectivity index (χ0) is 18.8. The zero-order valence-corrected chi connectivity index (χ0v) is 16.0. The van der Waals surface area contributed by atoms with Crippen molar-refractivity contribution in [1.29, 1.82) is 0 Å². The van der Waals surface area contributed by atoms with Gasteiger partial charge in [-0.15, -0.1) is 0 Å². The Morgan fingerprint density at radius 2 is 2.11 bits per heavy atom. The maximum atomic E-state index is 13.7. The number of fused-ring (bicyclic) bond motifs is 1. The Morgan fingerprint density at radius 1 is 1.22 bits per heavy atom. The molecule has 1 fully saturated rings. The van der Waals surface area contributed by atoms with Gasteiger partial charge in [0.05, 0.1) is 11.4 Å². The highest BCUT2D eigenvalue weighted by Gasteiger charge is 2.27. The molecule has 138 valence electrons. The monoisotopic (exact) mass is 429 g/mol. The van der Waals surface area contributed by atoms with E-state index in [1.54, 1.807) is 18.3 Å². The molecule has 1 amide bonds. The molecule has 1 aromatic carbocycles. The van der Waals surface area contributed by atoms with Gasteiger partial charge in [0.1, 0.15) is 23.8 Å². The zero-order valence-electron chi connectivity index (χ0n) is 14.4. The van der Waals surface area contributed by atoms with Crippen molar-refractivity contribution in [2.75, 3.05) is 23.3 Å². The maximum absolute atomic E-state index is 13.7. The molecular weight excluding hydrogens is 413 g/mol. The number of nitrogens with zero attached hydrogens (tertiary/aromatic N) is 4. The Labute approximate surface area is 164 Å². The van der Waals surface area contributed by atoms with E-state index >= 15 is 0 Å². The quantitative estimate of drug-likeness (QED) is 0.685. The minimum atomic E-state index is -0.328. The fourth-order valence-electron chi connectivity index (χ4n) is 3.33. The van der Waals surface area contributed by atoms with Crippen LogP contribution in [0.5, 0.6) is 0 Å². The number of nitrogens with one attached hydrogen (secondary N) is 1. The van der Waals surface area contributed by atoms with Crippen molar-refractivity contribution in [3.05, 3.63) is 53.1 Å². The summed E-state index contributed by atoms with van der Waals surface area (Å²) in [7, 11) is 0. The average molecular weight is 430 g/mol. The number of benzene rings is 1. The van der Waals surface area contributed by atoms with Gasteiger partial charge in [0.2, 0.25) is 5.91 Å². The van der Waals surface area contributed by atoms with E-state index in [2.05, 4.69) is 36.2 Å². The molecule has 6 nitrogen and oxygen atoms in total. The van der Waals surface area contributed by atoms with Gasteiger partial charge in [-0.25, -0.2) is 19.3 Å². The van der Waals surface area contributed by atoms with Crippen LogP contribution in [-0.2, 0) is 4.79 Å². The number of piperidine rings is 1. The van der Waals surface area contributed by atoms with Crippen LogP contribution < -0.4 is 10.2 Å². The normalized spacial score (nSPS) is 17.1. The third-order valence-corrected chi connectivity index (χ3v) is 5.12. The Balaban J connectivity index is 1.54. The van der Waals surface area contributed by atoms with Crippen molar-refractivity contribution < 1.29 is 9.18 Å². The number of carbonyl (C=O) groups excluding carboxylic acids is 1. The van der Waals surface area contributed by atoms with E-state index in [-0.39, 0.29) is 17.6 Å². The van der Waals surface area contributed by atoms with Gasteiger partial charge in [0.15, 0.2) is 0 Å². The highest BCUT2D eigenvalue weighted by Crippen LogP contribution is 2.28. The van der Waals surface area contributed by atoms with Gasteiger partial charge in [-0.2, -0.15) is 0 Å². The van der Waals surface area contributed by atoms with Crippen LogP contribution in [0.4, 0.5) is 16.0 Å². The summed E-state index contributed by atoms with van der Waals surface area (Å²) in [5, 5.41) is 3.53. The Morgan fingerprint density at radius 3 is 2.93 bits per heavy atom. The molecule has 1 aliphatic rings. The summed E-state index contributed by atoms with van der Waals surface area (Å²) < 4.78 is 14.6. The molecule has 0 radical (unpaired) electrons. The molecule has 1 N–H and O–H groups in total. The Hall–Kier alpha value is -2.61. The van der Waals surface area contributed by atoms with Crippen molar-refractivity contribution in [2.45, 2.75) is 12.8 Å². The summed E-state index contributed by atoms with van der Waals surface area (Å²) in [6.45, 7) is 1.29. The molecule has 0 spiro atoms. The molecule has 0 saturated carbocycles. The second-order valence-corrected chi connectivity index (χ2v) is 7.41. The molecule has 27 heavy (non-hydrogen) atoms. The van der Waals surface area contributed by atoms with E-state index in [0.717, 1.165) is 23.9 Å². The fraction of sp³-hybridized carbons (Fsp3) is 0.263. The molecule has 8 heteroatoms. The molecule has 3 heterocycles. The number of amides is 1. The van der Waals surface area contributed by atoms with Crippen molar-refractivity contribution in [2.24, 2.45) is 5.92 Å². The minimum absolute atomic E-state index is 0.0703. The van der Waals surface area contributed by atoms with E-state index in [1.165, 1.54) is 18.5 Å². The minimum Gasteiger partial charge on any atom is -0.355 e. The van der Waals surface area contributed by atoms with Crippen molar-refractivity contribution >= 4 is 44.4 Å². The Kier molecular flexibility index (Phi) is 4.98. The van der Waals surface area contributed by atoms with E-state index < -0.39 is 0 Å². The van der Waals surface area contributed by atoms with E-state index in [0.29, 0.717) is 29.1 Å². The van der Waals surface area contributed by atoms with Crippen molar-refractivity contribution in [1.82, 2.24) is 15.0 Å². The number of carbonyl (C=O) groups is 1. The summed E-state index contributed by atoms with van der Waals surface area (Å²) in [6, 6.07) is 8.06. The number of pyridine rings is 1. The van der Waals surface area contributed by atoms with Crippen molar-refractivity contribution in [3.63, 3.8) is 0 Å². The predicted molar refractivity (Wildman–Crippen MR) is 105 cm³/mol. The average Bonchev–Trinajstić information content (AvgIpc) is 2.69. The molecule has 4 rings (SSSR count). The summed E-state index contributed by atoms with van der Waals surface area (Å²) >= 11 is 3.33. The van der Waals surface area contributed by atoms with E-state index in [4.69, 9.17) is 0 Å². The highest BCUT2D eigenvalue weighted by atomic mass is 79.9. The second-order valence-electron chi connectivity index (χ2n) is 6.49. The van der Waals surface area contributed by atoms with Gasteiger partial charge in [-0.3, -0.25) is 4.79 Å². The van der Waals surface area contributed by atoms with Gasteiger partial charge in [-0.05, 0) is 59.1 Å². The van der Waals surface area contributed by atoms with Crippen LogP contribution in [0.3, 0.4) is 0 Å². The molecule has 1 unspecified atom stereocenters. The molecule has 1 atom stereocenters. The van der Waals surface area contributed by atoms with Gasteiger partial charge >= 0.3 is 0 Å². The number of anilines is 2. The maximum Gasteiger partial charge on any atom is 0.230 e. The third-order valence-electron chi connectivity index (χ3n) is 4.65. The van der Waals surface area contributed by atoms with E-state index in [9.17, 15) is 9.18 Å².